The molecule has 0 aromatic heterocycles. The zero-order valence-electron chi connectivity index (χ0n) is 39.6. The first kappa shape index (κ1) is 50.6. The van der Waals surface area contributed by atoms with Gasteiger partial charge in [-0.15, -0.1) is 0 Å². The summed E-state index contributed by atoms with van der Waals surface area (Å²) in [4.78, 5) is 95.6. The van der Waals surface area contributed by atoms with Crippen LogP contribution in [0.25, 0.3) is 0 Å². The summed E-state index contributed by atoms with van der Waals surface area (Å²) in [6.45, 7) is 15.1. The summed E-state index contributed by atoms with van der Waals surface area (Å²) in [6, 6.07) is 14.6. The standard InChI is InChI=1S/C49H61NO17/c1-25-32(64-43(57)37(55)36(30-18-14-12-15-19-30)50-44(58)67-45(6,7)8)23-48(46(9,10)59)35(25)38(65-42(56)31-20-16-13-17-21-31)40(62-27(3)52)47(11)33(61-26(2)51)22-34-49(24-60-34,66-29(5)54)39(47)41(48)63-28(4)53/h12-21,32-34,36-41,55,59H,22-24H2,1-11H3,(H,50,58)/t32-,33-,34+,36-,37+,38+,39-,40-,41-,47+,48-,49-/m0/s1. The van der Waals surface area contributed by atoms with Crippen molar-refractivity contribution in [3.63, 3.8) is 0 Å². The van der Waals surface area contributed by atoms with E-state index in [1.54, 1.807) is 76.2 Å². The fraction of sp³-hybridized carbons (Fsp3) is 0.571. The van der Waals surface area contributed by atoms with Gasteiger partial charge in [-0.05, 0) is 70.4 Å². The maximum atomic E-state index is 14.5. The van der Waals surface area contributed by atoms with Gasteiger partial charge in [0.05, 0.1) is 40.6 Å². The Morgan fingerprint density at radius 1 is 0.776 bits per heavy atom. The number of carbonyl (C=O) groups excluding carboxylic acids is 7. The number of esters is 6. The second-order valence-electron chi connectivity index (χ2n) is 19.5. The van der Waals surface area contributed by atoms with Crippen LogP contribution in [-0.2, 0) is 61.9 Å². The van der Waals surface area contributed by atoms with E-state index in [2.05, 4.69) is 5.32 Å². The van der Waals surface area contributed by atoms with Gasteiger partial charge in [0.15, 0.2) is 23.9 Å². The number of aliphatic hydroxyl groups excluding tert-OH is 1. The summed E-state index contributed by atoms with van der Waals surface area (Å²) in [5, 5.41) is 27.3. The Bertz CT molecular complexity index is 2280. The monoisotopic (exact) mass is 935 g/mol. The van der Waals surface area contributed by atoms with Crippen molar-refractivity contribution in [1.82, 2.24) is 5.32 Å². The molecule has 18 nitrogen and oxygen atoms in total. The van der Waals surface area contributed by atoms with Crippen LogP contribution in [-0.4, -0.2) is 118 Å². The molecule has 12 atom stereocenters. The number of hydrogen-bond acceptors (Lipinski definition) is 17. The molecule has 0 bridgehead atoms. The van der Waals surface area contributed by atoms with Crippen molar-refractivity contribution >= 4 is 41.9 Å². The summed E-state index contributed by atoms with van der Waals surface area (Å²) in [7, 11) is 0. The van der Waals surface area contributed by atoms with Crippen LogP contribution in [0.1, 0.15) is 111 Å². The highest BCUT2D eigenvalue weighted by atomic mass is 16.6. The van der Waals surface area contributed by atoms with Crippen LogP contribution < -0.4 is 5.32 Å². The number of ether oxygens (including phenoxy) is 8. The second-order valence-corrected chi connectivity index (χ2v) is 19.5. The number of rotatable bonds is 12. The Morgan fingerprint density at radius 3 is 1.85 bits per heavy atom. The van der Waals surface area contributed by atoms with E-state index in [0.29, 0.717) is 5.56 Å². The van der Waals surface area contributed by atoms with Crippen molar-refractivity contribution in [2.75, 3.05) is 6.61 Å². The number of amides is 1. The Kier molecular flexibility index (Phi) is 14.1. The Hall–Kier alpha value is -5.85. The fourth-order valence-electron chi connectivity index (χ4n) is 10.9. The van der Waals surface area contributed by atoms with Crippen LogP contribution >= 0.6 is 0 Å². The Labute approximate surface area is 388 Å². The number of carbonyl (C=O) groups is 7. The molecule has 3 fully saturated rings. The van der Waals surface area contributed by atoms with Crippen LogP contribution in [0.3, 0.4) is 0 Å². The average Bonchev–Trinajstić information content (AvgIpc) is 3.48. The van der Waals surface area contributed by atoms with Crippen LogP contribution in [0, 0.1) is 16.7 Å². The van der Waals surface area contributed by atoms with E-state index < -0.39 is 131 Å². The number of aliphatic hydroxyl groups is 2. The average molecular weight is 936 g/mol. The molecule has 3 N–H and O–H groups in total. The molecule has 1 heterocycles. The number of benzene rings is 2. The van der Waals surface area contributed by atoms with Gasteiger partial charge in [-0.2, -0.15) is 0 Å². The van der Waals surface area contributed by atoms with Crippen molar-refractivity contribution in [2.45, 2.75) is 155 Å². The first-order valence-electron chi connectivity index (χ1n) is 22.1. The number of alkyl carbamates (subject to hydrolysis) is 1. The quantitative estimate of drug-likeness (QED) is 0.147. The SMILES string of the molecule is CC(=O)O[C@H]1C[C@H]2OC[C@@]2(OC(C)=O)[C@H]2[C@H](OC(C)=O)[C@]3(C(C)(C)O)C[C@H](OC(=O)[C@H](O)[C@@H](NC(=O)OC(C)(C)C)c4ccccc4)C(C)=C3[C@@H](OC(=O)c3ccccc3)[C@H](OC(C)=O)[C@]12C. The topological polar surface area (TPSA) is 246 Å². The van der Waals surface area contributed by atoms with Gasteiger partial charge in [0.2, 0.25) is 0 Å². The van der Waals surface area contributed by atoms with E-state index in [0.717, 1.165) is 13.8 Å². The van der Waals surface area contributed by atoms with Gasteiger partial charge in [0, 0.05) is 40.5 Å². The first-order chi connectivity index (χ1) is 31.2. The number of fused-ring (bicyclic) bond motifs is 4. The Morgan fingerprint density at radius 2 is 1.34 bits per heavy atom. The number of nitrogens with one attached hydrogen (secondary N) is 1. The molecule has 6 rings (SSSR count). The zero-order valence-corrected chi connectivity index (χ0v) is 39.6. The fourth-order valence-corrected chi connectivity index (χ4v) is 10.9. The highest BCUT2D eigenvalue weighted by Gasteiger charge is 2.81. The molecule has 1 amide bonds. The highest BCUT2D eigenvalue weighted by molar-refractivity contribution is 5.89. The van der Waals surface area contributed by atoms with Gasteiger partial charge in [-0.3, -0.25) is 19.2 Å². The predicted octanol–water partition coefficient (Wildman–Crippen LogP) is 4.76. The molecule has 2 aromatic carbocycles. The number of hydrogen-bond donors (Lipinski definition) is 3. The van der Waals surface area contributed by atoms with Gasteiger partial charge >= 0.3 is 41.9 Å². The minimum absolute atomic E-state index is 0.00697. The second kappa shape index (κ2) is 18.7. The molecule has 0 unspecified atom stereocenters. The third-order valence-corrected chi connectivity index (χ3v) is 13.4. The minimum atomic E-state index is -2.08. The summed E-state index contributed by atoms with van der Waals surface area (Å²) in [5.74, 6) is -6.87. The van der Waals surface area contributed by atoms with Gasteiger partial charge in [0.25, 0.3) is 0 Å². The van der Waals surface area contributed by atoms with Crippen molar-refractivity contribution in [3.05, 3.63) is 82.9 Å². The lowest BCUT2D eigenvalue weighted by atomic mass is 9.49. The maximum absolute atomic E-state index is 14.5. The van der Waals surface area contributed by atoms with Gasteiger partial charge < -0.3 is 53.4 Å². The van der Waals surface area contributed by atoms with Crippen LogP contribution in [0.5, 0.6) is 0 Å². The molecule has 67 heavy (non-hydrogen) atoms. The lowest BCUT2D eigenvalue weighted by molar-refractivity contribution is -0.352. The Balaban J connectivity index is 1.63. The first-order valence-corrected chi connectivity index (χ1v) is 22.1. The minimum Gasteiger partial charge on any atom is -0.462 e. The molecule has 1 saturated heterocycles. The van der Waals surface area contributed by atoms with E-state index in [1.807, 2.05) is 0 Å². The lowest BCUT2D eigenvalue weighted by Crippen LogP contribution is -2.79. The smallest absolute Gasteiger partial charge is 0.408 e. The molecule has 0 radical (unpaired) electrons. The molecule has 3 aliphatic carbocycles. The van der Waals surface area contributed by atoms with Gasteiger partial charge in [0.1, 0.15) is 30.0 Å². The van der Waals surface area contributed by atoms with Crippen LogP contribution in [0.15, 0.2) is 71.8 Å². The molecule has 1 aliphatic heterocycles. The van der Waals surface area contributed by atoms with E-state index in [-0.39, 0.29) is 29.7 Å². The van der Waals surface area contributed by atoms with Gasteiger partial charge in [-0.1, -0.05) is 55.5 Å². The van der Waals surface area contributed by atoms with Crippen molar-refractivity contribution in [1.29, 1.82) is 0 Å². The van der Waals surface area contributed by atoms with E-state index >= 15 is 0 Å². The summed E-state index contributed by atoms with van der Waals surface area (Å²) in [5.41, 5.74) is -8.08. The molecule has 2 saturated carbocycles. The highest BCUT2D eigenvalue weighted by Crippen LogP contribution is 2.69. The zero-order chi connectivity index (χ0) is 49.6. The summed E-state index contributed by atoms with van der Waals surface area (Å²) >= 11 is 0. The predicted molar refractivity (Wildman–Crippen MR) is 233 cm³/mol. The third-order valence-electron chi connectivity index (χ3n) is 13.4. The summed E-state index contributed by atoms with van der Waals surface area (Å²) in [6.07, 6.45) is -12.4. The molecule has 364 valence electrons. The molecular weight excluding hydrogens is 875 g/mol. The van der Waals surface area contributed by atoms with E-state index in [1.165, 1.54) is 46.8 Å². The van der Waals surface area contributed by atoms with Crippen LogP contribution in [0.2, 0.25) is 0 Å². The van der Waals surface area contributed by atoms with Crippen molar-refractivity contribution in [2.24, 2.45) is 16.7 Å². The van der Waals surface area contributed by atoms with E-state index in [9.17, 15) is 43.8 Å². The molecule has 18 heteroatoms. The maximum Gasteiger partial charge on any atom is 0.408 e. The largest absolute Gasteiger partial charge is 0.462 e. The van der Waals surface area contributed by atoms with E-state index in [4.69, 9.17) is 37.9 Å². The summed E-state index contributed by atoms with van der Waals surface area (Å²) < 4.78 is 49.3. The molecular formula is C49H61NO17. The van der Waals surface area contributed by atoms with Crippen molar-refractivity contribution in [3.8, 4) is 0 Å². The van der Waals surface area contributed by atoms with Crippen molar-refractivity contribution < 1.29 is 81.7 Å². The third kappa shape index (κ3) is 9.52. The lowest BCUT2D eigenvalue weighted by Gasteiger charge is -2.65. The molecule has 2 aromatic rings. The van der Waals surface area contributed by atoms with Gasteiger partial charge in [-0.25, -0.2) is 14.4 Å². The molecule has 4 aliphatic rings. The normalized spacial score (nSPS) is 30.8. The van der Waals surface area contributed by atoms with Crippen LogP contribution in [0.4, 0.5) is 4.79 Å². The molecule has 0 spiro atoms.